The summed E-state index contributed by atoms with van der Waals surface area (Å²) in [5, 5.41) is 2.87. The molecule has 0 fully saturated rings. The van der Waals surface area contributed by atoms with Gasteiger partial charge in [-0.05, 0) is 38.0 Å². The zero-order chi connectivity index (χ0) is 16.7. The van der Waals surface area contributed by atoms with E-state index >= 15 is 0 Å². The fourth-order valence-electron chi connectivity index (χ4n) is 2.40. The highest BCUT2D eigenvalue weighted by molar-refractivity contribution is 5.93. The molecular weight excluding hydrogens is 286 g/mol. The number of carbonyl (C=O) groups is 1. The van der Waals surface area contributed by atoms with E-state index in [0.717, 1.165) is 18.7 Å². The zero-order valence-electron chi connectivity index (χ0n) is 14.1. The number of carbonyl (C=O) groups excluding carboxylic acids is 1. The lowest BCUT2D eigenvalue weighted by Gasteiger charge is -2.29. The second kappa shape index (κ2) is 8.32. The maximum absolute atomic E-state index is 12.1. The molecule has 1 amide bonds. The zero-order valence-corrected chi connectivity index (χ0v) is 14.1. The summed E-state index contributed by atoms with van der Waals surface area (Å²) in [7, 11) is 0. The van der Waals surface area contributed by atoms with Gasteiger partial charge in [0, 0.05) is 31.0 Å². The predicted molar refractivity (Wildman–Crippen MR) is 94.6 cm³/mol. The number of nitrogens with zero attached hydrogens (tertiary/aromatic N) is 2. The number of pyridine rings is 1. The first-order chi connectivity index (χ1) is 11.1. The minimum absolute atomic E-state index is 0.114. The first-order valence-corrected chi connectivity index (χ1v) is 8.16. The van der Waals surface area contributed by atoms with E-state index in [4.69, 9.17) is 0 Å². The number of hydrogen-bond acceptors (Lipinski definition) is 3. The Morgan fingerprint density at radius 1 is 1.22 bits per heavy atom. The van der Waals surface area contributed by atoms with Gasteiger partial charge < -0.3 is 10.2 Å². The van der Waals surface area contributed by atoms with E-state index < -0.39 is 0 Å². The van der Waals surface area contributed by atoms with Gasteiger partial charge in [0.2, 0.25) is 0 Å². The highest BCUT2D eigenvalue weighted by Crippen LogP contribution is 2.20. The molecule has 0 aliphatic carbocycles. The average molecular weight is 311 g/mol. The van der Waals surface area contributed by atoms with Crippen molar-refractivity contribution in [2.24, 2.45) is 0 Å². The summed E-state index contributed by atoms with van der Waals surface area (Å²) in [4.78, 5) is 18.6. The van der Waals surface area contributed by atoms with E-state index in [1.54, 1.807) is 6.20 Å². The second-order valence-corrected chi connectivity index (χ2v) is 5.86. The van der Waals surface area contributed by atoms with Crippen LogP contribution < -0.4 is 10.2 Å². The van der Waals surface area contributed by atoms with E-state index in [9.17, 15) is 4.79 Å². The number of nitrogens with one attached hydrogen (secondary N) is 1. The fraction of sp³-hybridized carbons (Fsp3) is 0.368. The van der Waals surface area contributed by atoms with E-state index in [-0.39, 0.29) is 5.91 Å². The Morgan fingerprint density at radius 2 is 1.96 bits per heavy atom. The molecule has 1 aromatic heterocycles. The lowest BCUT2D eigenvalue weighted by atomic mass is 10.1. The van der Waals surface area contributed by atoms with Gasteiger partial charge in [0.15, 0.2) is 0 Å². The Morgan fingerprint density at radius 3 is 2.61 bits per heavy atom. The normalized spacial score (nSPS) is 10.6. The summed E-state index contributed by atoms with van der Waals surface area (Å²) in [6.07, 6.45) is 2.62. The summed E-state index contributed by atoms with van der Waals surface area (Å²) < 4.78 is 0. The van der Waals surface area contributed by atoms with Gasteiger partial charge in [-0.3, -0.25) is 9.78 Å². The van der Waals surface area contributed by atoms with Crippen molar-refractivity contribution in [3.63, 3.8) is 0 Å². The van der Waals surface area contributed by atoms with Gasteiger partial charge in [-0.1, -0.05) is 37.3 Å². The molecule has 122 valence electrons. The van der Waals surface area contributed by atoms with Crippen LogP contribution in [0.15, 0.2) is 48.7 Å². The van der Waals surface area contributed by atoms with Crippen molar-refractivity contribution in [3.8, 4) is 0 Å². The summed E-state index contributed by atoms with van der Waals surface area (Å²) in [5.41, 5.74) is 2.73. The standard InChI is InChI=1S/C19H25N3O/c1-4-11-21-19(23)18-13-17(10-12-20-18)22(15(2)3)14-16-8-6-5-7-9-16/h5-10,12-13,15H,4,11,14H2,1-3H3,(H,21,23). The number of anilines is 1. The van der Waals surface area contributed by atoms with Crippen molar-refractivity contribution in [1.82, 2.24) is 10.3 Å². The van der Waals surface area contributed by atoms with Crippen molar-refractivity contribution >= 4 is 11.6 Å². The van der Waals surface area contributed by atoms with E-state index in [1.807, 2.05) is 37.3 Å². The van der Waals surface area contributed by atoms with Crippen LogP contribution in [0.4, 0.5) is 5.69 Å². The molecule has 0 spiro atoms. The molecular formula is C19H25N3O. The minimum Gasteiger partial charge on any atom is -0.365 e. The molecule has 0 saturated heterocycles. The molecule has 0 saturated carbocycles. The molecule has 2 aromatic rings. The van der Waals surface area contributed by atoms with E-state index in [0.29, 0.717) is 18.3 Å². The van der Waals surface area contributed by atoms with Crippen molar-refractivity contribution in [2.75, 3.05) is 11.4 Å². The van der Waals surface area contributed by atoms with Gasteiger partial charge >= 0.3 is 0 Å². The van der Waals surface area contributed by atoms with Gasteiger partial charge in [0.25, 0.3) is 5.91 Å². The van der Waals surface area contributed by atoms with Crippen molar-refractivity contribution < 1.29 is 4.79 Å². The number of aromatic nitrogens is 1. The highest BCUT2D eigenvalue weighted by atomic mass is 16.1. The smallest absolute Gasteiger partial charge is 0.269 e. The van der Waals surface area contributed by atoms with Gasteiger partial charge in [-0.25, -0.2) is 0 Å². The van der Waals surface area contributed by atoms with Crippen molar-refractivity contribution in [2.45, 2.75) is 39.8 Å². The maximum atomic E-state index is 12.1. The van der Waals surface area contributed by atoms with Gasteiger partial charge in [-0.2, -0.15) is 0 Å². The number of hydrogen-bond donors (Lipinski definition) is 1. The minimum atomic E-state index is -0.114. The van der Waals surface area contributed by atoms with Gasteiger partial charge in [0.05, 0.1) is 0 Å². The first kappa shape index (κ1) is 17.0. The van der Waals surface area contributed by atoms with Crippen LogP contribution in [0.25, 0.3) is 0 Å². The lowest BCUT2D eigenvalue weighted by molar-refractivity contribution is 0.0948. The van der Waals surface area contributed by atoms with Crippen LogP contribution in [0.3, 0.4) is 0 Å². The Hall–Kier alpha value is -2.36. The molecule has 23 heavy (non-hydrogen) atoms. The molecule has 4 heteroatoms. The Kier molecular flexibility index (Phi) is 6.15. The van der Waals surface area contributed by atoms with Gasteiger partial charge in [0.1, 0.15) is 5.69 Å². The van der Waals surface area contributed by atoms with Crippen molar-refractivity contribution in [1.29, 1.82) is 0 Å². The molecule has 1 heterocycles. The Balaban J connectivity index is 2.21. The molecule has 2 rings (SSSR count). The number of benzene rings is 1. The summed E-state index contributed by atoms with van der Waals surface area (Å²) >= 11 is 0. The third-order valence-electron chi connectivity index (χ3n) is 3.66. The SMILES string of the molecule is CCCNC(=O)c1cc(N(Cc2ccccc2)C(C)C)ccn1. The summed E-state index contributed by atoms with van der Waals surface area (Å²) in [6.45, 7) is 7.81. The van der Waals surface area contributed by atoms with Crippen molar-refractivity contribution in [3.05, 3.63) is 59.9 Å². The molecule has 0 aliphatic heterocycles. The largest absolute Gasteiger partial charge is 0.365 e. The lowest BCUT2D eigenvalue weighted by Crippen LogP contribution is -2.31. The molecule has 1 aromatic carbocycles. The highest BCUT2D eigenvalue weighted by Gasteiger charge is 2.14. The molecule has 0 aliphatic rings. The van der Waals surface area contributed by atoms with E-state index in [1.165, 1.54) is 5.56 Å². The monoisotopic (exact) mass is 311 g/mol. The molecule has 1 N–H and O–H groups in total. The fourth-order valence-corrected chi connectivity index (χ4v) is 2.40. The topological polar surface area (TPSA) is 45.2 Å². The Bertz CT molecular complexity index is 626. The molecule has 0 unspecified atom stereocenters. The maximum Gasteiger partial charge on any atom is 0.269 e. The van der Waals surface area contributed by atoms with E-state index in [2.05, 4.69) is 41.2 Å². The summed E-state index contributed by atoms with van der Waals surface area (Å²) in [5.74, 6) is -0.114. The van der Waals surface area contributed by atoms with Crippen LogP contribution in [-0.2, 0) is 6.54 Å². The van der Waals surface area contributed by atoms with Crippen LogP contribution in [0.2, 0.25) is 0 Å². The van der Waals surface area contributed by atoms with Crippen LogP contribution in [-0.4, -0.2) is 23.5 Å². The molecule has 4 nitrogen and oxygen atoms in total. The van der Waals surface area contributed by atoms with Crippen LogP contribution in [0, 0.1) is 0 Å². The quantitative estimate of drug-likeness (QED) is 0.849. The van der Waals surface area contributed by atoms with Crippen LogP contribution in [0.1, 0.15) is 43.2 Å². The number of amides is 1. The first-order valence-electron chi connectivity index (χ1n) is 8.16. The molecule has 0 radical (unpaired) electrons. The van der Waals surface area contributed by atoms with Crippen LogP contribution >= 0.6 is 0 Å². The van der Waals surface area contributed by atoms with Crippen LogP contribution in [0.5, 0.6) is 0 Å². The third kappa shape index (κ3) is 4.81. The molecule has 0 bridgehead atoms. The summed E-state index contributed by atoms with van der Waals surface area (Å²) in [6, 6.07) is 14.5. The number of rotatable bonds is 7. The third-order valence-corrected chi connectivity index (χ3v) is 3.66. The van der Waals surface area contributed by atoms with Gasteiger partial charge in [-0.15, -0.1) is 0 Å². The molecule has 0 atom stereocenters. The Labute approximate surface area is 138 Å². The second-order valence-electron chi connectivity index (χ2n) is 5.86. The predicted octanol–water partition coefficient (Wildman–Crippen LogP) is 3.64. The average Bonchev–Trinajstić information content (AvgIpc) is 2.58.